The normalized spacial score (nSPS) is 13.2. The highest BCUT2D eigenvalue weighted by atomic mass is 16.5. The summed E-state index contributed by atoms with van der Waals surface area (Å²) in [5, 5.41) is 12.1. The maximum atomic E-state index is 12.6. The third-order valence-corrected chi connectivity index (χ3v) is 3.91. The van der Waals surface area contributed by atoms with E-state index < -0.39 is 5.60 Å². The van der Waals surface area contributed by atoms with Crippen molar-refractivity contribution in [3.63, 3.8) is 0 Å². The average molecular weight is 332 g/mol. The Labute approximate surface area is 145 Å². The molecule has 24 heavy (non-hydrogen) atoms. The van der Waals surface area contributed by atoms with Gasteiger partial charge in [0.05, 0.1) is 11.7 Å². The zero-order chi connectivity index (χ0) is 18.2. The minimum Gasteiger partial charge on any atom is -0.490 e. The summed E-state index contributed by atoms with van der Waals surface area (Å²) in [6.07, 6.45) is 3.71. The van der Waals surface area contributed by atoms with E-state index in [0.717, 1.165) is 19.3 Å². The zero-order valence-electron chi connectivity index (χ0n) is 15.3. The summed E-state index contributed by atoms with van der Waals surface area (Å²) in [6.45, 7) is 7.71. The Bertz CT molecular complexity index is 593. The first-order valence-corrected chi connectivity index (χ1v) is 8.43. The monoisotopic (exact) mass is 332 g/mol. The second kappa shape index (κ2) is 9.29. The van der Waals surface area contributed by atoms with Crippen molar-refractivity contribution in [1.82, 2.24) is 0 Å². The van der Waals surface area contributed by atoms with Crippen LogP contribution in [0.3, 0.4) is 0 Å². The molecule has 1 atom stereocenters. The summed E-state index contributed by atoms with van der Waals surface area (Å²) in [5.41, 5.74) is 0.0766. The van der Waals surface area contributed by atoms with Crippen LogP contribution in [-0.2, 0) is 9.53 Å². The van der Waals surface area contributed by atoms with E-state index in [-0.39, 0.29) is 12.0 Å². The third kappa shape index (κ3) is 5.54. The minimum atomic E-state index is -0.880. The van der Waals surface area contributed by atoms with Gasteiger partial charge in [0.15, 0.2) is 0 Å². The number of rotatable bonds is 9. The van der Waals surface area contributed by atoms with Gasteiger partial charge in [-0.25, -0.2) is 0 Å². The molecule has 1 aromatic rings. The van der Waals surface area contributed by atoms with Crippen molar-refractivity contribution in [3.05, 3.63) is 23.8 Å². The lowest BCUT2D eigenvalue weighted by atomic mass is 9.97. The molecule has 1 aromatic carbocycles. The highest BCUT2D eigenvalue weighted by Crippen LogP contribution is 2.25. The predicted molar refractivity (Wildman–Crippen MR) is 95.1 cm³/mol. The highest BCUT2D eigenvalue weighted by molar-refractivity contribution is 5.97. The lowest BCUT2D eigenvalue weighted by Gasteiger charge is -2.27. The number of carbonyl (C=O) groups is 1. The van der Waals surface area contributed by atoms with Crippen LogP contribution >= 0.6 is 0 Å². The van der Waals surface area contributed by atoms with Crippen LogP contribution in [0.4, 0.5) is 5.69 Å². The van der Waals surface area contributed by atoms with Crippen molar-refractivity contribution < 1.29 is 14.3 Å². The summed E-state index contributed by atoms with van der Waals surface area (Å²) in [4.78, 5) is 12.6. The van der Waals surface area contributed by atoms with Crippen LogP contribution in [0.25, 0.3) is 0 Å². The maximum Gasteiger partial charge on any atom is 0.256 e. The smallest absolute Gasteiger partial charge is 0.256 e. The molecule has 0 aliphatic heterocycles. The van der Waals surface area contributed by atoms with Gasteiger partial charge in [0.1, 0.15) is 17.4 Å². The first kappa shape index (κ1) is 20.0. The van der Waals surface area contributed by atoms with Crippen LogP contribution < -0.4 is 10.1 Å². The first-order valence-electron chi connectivity index (χ1n) is 8.43. The molecule has 0 heterocycles. The van der Waals surface area contributed by atoms with Crippen LogP contribution in [-0.4, -0.2) is 24.7 Å². The van der Waals surface area contributed by atoms with Crippen molar-refractivity contribution in [3.8, 4) is 11.8 Å². The van der Waals surface area contributed by atoms with Gasteiger partial charge < -0.3 is 14.8 Å². The van der Waals surface area contributed by atoms with Crippen molar-refractivity contribution in [2.75, 3.05) is 12.4 Å². The number of carbonyl (C=O) groups excluding carboxylic acids is 1. The van der Waals surface area contributed by atoms with E-state index in [1.165, 1.54) is 0 Å². The fourth-order valence-corrected chi connectivity index (χ4v) is 2.34. The molecule has 0 saturated heterocycles. The Morgan fingerprint density at radius 2 is 2.08 bits per heavy atom. The van der Waals surface area contributed by atoms with Gasteiger partial charge >= 0.3 is 0 Å². The molecule has 0 unspecified atom stereocenters. The average Bonchev–Trinajstić information content (AvgIpc) is 2.55. The van der Waals surface area contributed by atoms with Crippen LogP contribution in [0, 0.1) is 11.3 Å². The summed E-state index contributed by atoms with van der Waals surface area (Å²) >= 11 is 0. The molecule has 0 fully saturated rings. The van der Waals surface area contributed by atoms with Crippen LogP contribution in [0.1, 0.15) is 58.9 Å². The molecule has 0 spiro atoms. The molecule has 0 bridgehead atoms. The Hall–Kier alpha value is -2.06. The number of amides is 1. The van der Waals surface area contributed by atoms with Gasteiger partial charge in [0.2, 0.25) is 0 Å². The Balaban J connectivity index is 2.87. The molecule has 1 rings (SSSR count). The molecule has 0 saturated carbocycles. The summed E-state index contributed by atoms with van der Waals surface area (Å²) in [5.74, 6) is 0.311. The van der Waals surface area contributed by atoms with E-state index in [1.54, 1.807) is 32.2 Å². The fourth-order valence-electron chi connectivity index (χ4n) is 2.34. The van der Waals surface area contributed by atoms with E-state index in [0.29, 0.717) is 23.4 Å². The molecular weight excluding hydrogens is 304 g/mol. The van der Waals surface area contributed by atoms with Crippen LogP contribution in [0.5, 0.6) is 5.75 Å². The van der Waals surface area contributed by atoms with Gasteiger partial charge in [-0.3, -0.25) is 4.79 Å². The summed E-state index contributed by atoms with van der Waals surface area (Å²) in [6, 6.07) is 7.16. The van der Waals surface area contributed by atoms with E-state index in [2.05, 4.69) is 18.3 Å². The highest BCUT2D eigenvalue weighted by Gasteiger charge is 2.32. The molecular formula is C19H28N2O3. The number of nitriles is 1. The topological polar surface area (TPSA) is 71.3 Å². The molecule has 0 aliphatic rings. The standard InChI is InChI=1S/C19H28N2O3/c1-6-7-8-11-19(4,23-5)18(22)21-16-9-10-17(24-14(2)3)15(12-16)13-20/h9-10,12,14H,6-8,11H2,1-5H3,(H,21,22)/t19-/m0/s1. The first-order chi connectivity index (χ1) is 11.4. The van der Waals surface area contributed by atoms with Crippen LogP contribution in [0.2, 0.25) is 0 Å². The Morgan fingerprint density at radius 3 is 2.62 bits per heavy atom. The van der Waals surface area contributed by atoms with E-state index in [4.69, 9.17) is 9.47 Å². The van der Waals surface area contributed by atoms with Crippen molar-refractivity contribution in [2.45, 2.75) is 65.1 Å². The number of hydrogen-bond donors (Lipinski definition) is 1. The molecule has 0 aromatic heterocycles. The summed E-state index contributed by atoms with van der Waals surface area (Å²) < 4.78 is 11.0. The van der Waals surface area contributed by atoms with Gasteiger partial charge in [-0.05, 0) is 45.4 Å². The van der Waals surface area contributed by atoms with Crippen LogP contribution in [0.15, 0.2) is 18.2 Å². The largest absolute Gasteiger partial charge is 0.490 e. The molecule has 1 amide bonds. The Morgan fingerprint density at radius 1 is 1.38 bits per heavy atom. The number of nitrogens with zero attached hydrogens (tertiary/aromatic N) is 1. The van der Waals surface area contributed by atoms with Gasteiger partial charge in [0, 0.05) is 12.8 Å². The van der Waals surface area contributed by atoms with Gasteiger partial charge in [0.25, 0.3) is 5.91 Å². The molecule has 0 radical (unpaired) electrons. The predicted octanol–water partition coefficient (Wildman–Crippen LogP) is 4.27. The minimum absolute atomic E-state index is 0.0205. The second-order valence-corrected chi connectivity index (χ2v) is 6.34. The quantitative estimate of drug-likeness (QED) is 0.686. The van der Waals surface area contributed by atoms with E-state index in [1.807, 2.05) is 13.8 Å². The SMILES string of the molecule is CCCCC[C@](C)(OC)C(=O)Nc1ccc(OC(C)C)c(C#N)c1. The van der Waals surface area contributed by atoms with Crippen molar-refractivity contribution >= 4 is 11.6 Å². The fraction of sp³-hybridized carbons (Fsp3) is 0.579. The third-order valence-electron chi connectivity index (χ3n) is 3.91. The number of hydrogen-bond acceptors (Lipinski definition) is 4. The number of ether oxygens (including phenoxy) is 2. The molecule has 5 heteroatoms. The molecule has 0 aliphatic carbocycles. The number of anilines is 1. The van der Waals surface area contributed by atoms with Gasteiger partial charge in [-0.1, -0.05) is 26.2 Å². The number of methoxy groups -OCH3 is 1. The Kier molecular flexibility index (Phi) is 7.73. The lowest BCUT2D eigenvalue weighted by Crippen LogP contribution is -2.42. The number of benzene rings is 1. The van der Waals surface area contributed by atoms with E-state index in [9.17, 15) is 10.1 Å². The van der Waals surface area contributed by atoms with Crippen molar-refractivity contribution in [1.29, 1.82) is 5.26 Å². The number of unbranched alkanes of at least 4 members (excludes halogenated alkanes) is 2. The zero-order valence-corrected chi connectivity index (χ0v) is 15.3. The maximum absolute atomic E-state index is 12.6. The molecule has 132 valence electrons. The molecule has 5 nitrogen and oxygen atoms in total. The van der Waals surface area contributed by atoms with Gasteiger partial charge in [-0.15, -0.1) is 0 Å². The number of nitrogens with one attached hydrogen (secondary N) is 1. The lowest BCUT2D eigenvalue weighted by molar-refractivity contribution is -0.136. The molecule has 1 N–H and O–H groups in total. The van der Waals surface area contributed by atoms with Crippen molar-refractivity contribution in [2.24, 2.45) is 0 Å². The second-order valence-electron chi connectivity index (χ2n) is 6.34. The van der Waals surface area contributed by atoms with E-state index >= 15 is 0 Å². The summed E-state index contributed by atoms with van der Waals surface area (Å²) in [7, 11) is 1.55. The van der Waals surface area contributed by atoms with Gasteiger partial charge in [-0.2, -0.15) is 5.26 Å².